The van der Waals surface area contributed by atoms with E-state index in [2.05, 4.69) is 19.9 Å². The van der Waals surface area contributed by atoms with Gasteiger partial charge in [-0.1, -0.05) is 11.6 Å². The molecule has 1 unspecified atom stereocenters. The molecular formula is C25H33ClF2N6O3. The Balaban J connectivity index is 1.41. The number of hydrogen-bond acceptors (Lipinski definition) is 8. The Hall–Kier alpha value is -2.53. The molecule has 9 nitrogen and oxygen atoms in total. The molecule has 202 valence electrons. The number of likely N-dealkylation sites (tertiary alicyclic amines) is 1. The summed E-state index contributed by atoms with van der Waals surface area (Å²) in [5, 5.41) is 0.0946. The lowest BCUT2D eigenvalue weighted by atomic mass is 9.95. The number of anilines is 1. The zero-order valence-electron chi connectivity index (χ0n) is 21.6. The molecule has 37 heavy (non-hydrogen) atoms. The highest BCUT2D eigenvalue weighted by atomic mass is 35.5. The van der Waals surface area contributed by atoms with Gasteiger partial charge < -0.3 is 19.3 Å². The maximum atomic E-state index is 15.0. The zero-order chi connectivity index (χ0) is 26.5. The third-order valence-corrected chi connectivity index (χ3v) is 7.79. The van der Waals surface area contributed by atoms with Crippen LogP contribution in [-0.2, 0) is 4.74 Å². The molecule has 0 bridgehead atoms. The summed E-state index contributed by atoms with van der Waals surface area (Å²) in [6.07, 6.45) is 3.08. The molecule has 0 N–H and O–H groups in total. The van der Waals surface area contributed by atoms with Crippen LogP contribution in [0.15, 0.2) is 6.20 Å². The van der Waals surface area contributed by atoms with E-state index in [1.54, 1.807) is 4.90 Å². The van der Waals surface area contributed by atoms with Crippen LogP contribution in [0.3, 0.4) is 0 Å². The van der Waals surface area contributed by atoms with Crippen molar-refractivity contribution in [2.45, 2.75) is 69.8 Å². The number of fused-ring (bicyclic) bond motifs is 2. The SMILES string of the molecule is CN(c1nc(OC[C@@]23CCCN2C[C@H](F)C3)nc2c(F)c(Cl)ncc12)C1CCN(C(=O)OC(C)(C)C)C1. The quantitative estimate of drug-likeness (QED) is 0.523. The van der Waals surface area contributed by atoms with Crippen molar-refractivity contribution in [1.29, 1.82) is 0 Å². The van der Waals surface area contributed by atoms with Crippen LogP contribution in [0, 0.1) is 5.82 Å². The van der Waals surface area contributed by atoms with Gasteiger partial charge in [0.1, 0.15) is 29.7 Å². The smallest absolute Gasteiger partial charge is 0.410 e. The predicted molar refractivity (Wildman–Crippen MR) is 135 cm³/mol. The molecule has 0 aromatic carbocycles. The maximum absolute atomic E-state index is 15.0. The molecule has 0 saturated carbocycles. The maximum Gasteiger partial charge on any atom is 0.410 e. The van der Waals surface area contributed by atoms with Crippen molar-refractivity contribution in [3.8, 4) is 6.01 Å². The average molecular weight is 539 g/mol. The Kier molecular flexibility index (Phi) is 6.81. The number of alkyl halides is 1. The van der Waals surface area contributed by atoms with Crippen molar-refractivity contribution >= 4 is 34.4 Å². The Labute approximate surface area is 220 Å². The van der Waals surface area contributed by atoms with Gasteiger partial charge in [-0.3, -0.25) is 4.90 Å². The zero-order valence-corrected chi connectivity index (χ0v) is 22.4. The van der Waals surface area contributed by atoms with Gasteiger partial charge in [0, 0.05) is 45.3 Å². The van der Waals surface area contributed by atoms with Gasteiger partial charge in [-0.15, -0.1) is 0 Å². The summed E-state index contributed by atoms with van der Waals surface area (Å²) in [7, 11) is 1.84. The number of carbonyl (C=O) groups is 1. The molecule has 5 heterocycles. The van der Waals surface area contributed by atoms with E-state index in [1.807, 2.05) is 32.7 Å². The van der Waals surface area contributed by atoms with Crippen LogP contribution >= 0.6 is 11.6 Å². The molecule has 3 aliphatic heterocycles. The molecule has 0 aliphatic carbocycles. The molecule has 0 radical (unpaired) electrons. The number of nitrogens with zero attached hydrogens (tertiary/aromatic N) is 6. The van der Waals surface area contributed by atoms with Crippen LogP contribution < -0.4 is 9.64 Å². The van der Waals surface area contributed by atoms with E-state index in [0.717, 1.165) is 19.4 Å². The minimum absolute atomic E-state index is 0.000968. The van der Waals surface area contributed by atoms with Crippen molar-refractivity contribution in [2.24, 2.45) is 0 Å². The van der Waals surface area contributed by atoms with Crippen molar-refractivity contribution in [1.82, 2.24) is 24.8 Å². The van der Waals surface area contributed by atoms with Gasteiger partial charge in [0.05, 0.1) is 10.9 Å². The van der Waals surface area contributed by atoms with E-state index < -0.39 is 23.1 Å². The highest BCUT2D eigenvalue weighted by Gasteiger charge is 2.49. The van der Waals surface area contributed by atoms with Crippen molar-refractivity contribution in [3.63, 3.8) is 0 Å². The van der Waals surface area contributed by atoms with Gasteiger partial charge in [-0.2, -0.15) is 9.97 Å². The first-order chi connectivity index (χ1) is 17.5. The van der Waals surface area contributed by atoms with E-state index in [4.69, 9.17) is 21.1 Å². The summed E-state index contributed by atoms with van der Waals surface area (Å²) < 4.78 is 40.8. The fraction of sp³-hybridized carbons (Fsp3) is 0.680. The summed E-state index contributed by atoms with van der Waals surface area (Å²) in [5.41, 5.74) is -0.976. The first-order valence-corrected chi connectivity index (χ1v) is 13.1. The molecule has 2 aromatic heterocycles. The minimum atomic E-state index is -0.888. The molecule has 5 rings (SSSR count). The monoisotopic (exact) mass is 538 g/mol. The molecule has 2 aromatic rings. The first kappa shape index (κ1) is 26.1. The average Bonchev–Trinajstić information content (AvgIpc) is 3.53. The number of carbonyl (C=O) groups excluding carboxylic acids is 1. The number of aromatic nitrogens is 3. The van der Waals surface area contributed by atoms with Crippen molar-refractivity contribution < 1.29 is 23.0 Å². The second kappa shape index (κ2) is 9.65. The summed E-state index contributed by atoms with van der Waals surface area (Å²) in [4.78, 5) is 31.2. The largest absolute Gasteiger partial charge is 0.461 e. The number of likely N-dealkylation sites (N-methyl/N-ethyl adjacent to an activating group) is 1. The van der Waals surface area contributed by atoms with E-state index in [1.165, 1.54) is 6.20 Å². The van der Waals surface area contributed by atoms with Crippen LogP contribution in [-0.4, -0.2) is 94.0 Å². The number of hydrogen-bond donors (Lipinski definition) is 0. The summed E-state index contributed by atoms with van der Waals surface area (Å²) in [6, 6.07) is -0.0932. The molecule has 3 aliphatic rings. The molecule has 3 atom stereocenters. The molecule has 0 spiro atoms. The number of halogens is 3. The Morgan fingerprint density at radius 2 is 2.08 bits per heavy atom. The van der Waals surface area contributed by atoms with E-state index in [-0.39, 0.29) is 35.4 Å². The van der Waals surface area contributed by atoms with Gasteiger partial charge in [-0.25, -0.2) is 18.6 Å². The van der Waals surface area contributed by atoms with Gasteiger partial charge >= 0.3 is 12.1 Å². The van der Waals surface area contributed by atoms with Crippen molar-refractivity contribution in [3.05, 3.63) is 17.2 Å². The second-order valence-electron chi connectivity index (χ2n) is 11.3. The predicted octanol–water partition coefficient (Wildman–Crippen LogP) is 4.22. The normalized spacial score (nSPS) is 26.1. The van der Waals surface area contributed by atoms with Crippen molar-refractivity contribution in [2.75, 3.05) is 44.7 Å². The first-order valence-electron chi connectivity index (χ1n) is 12.7. The van der Waals surface area contributed by atoms with Crippen LogP contribution in [0.2, 0.25) is 5.15 Å². The highest BCUT2D eigenvalue weighted by Crippen LogP contribution is 2.40. The third kappa shape index (κ3) is 5.12. The van der Waals surface area contributed by atoms with Crippen LogP contribution in [0.25, 0.3) is 10.9 Å². The lowest BCUT2D eigenvalue weighted by Gasteiger charge is -2.31. The fourth-order valence-corrected chi connectivity index (χ4v) is 5.84. The molecule has 12 heteroatoms. The lowest BCUT2D eigenvalue weighted by molar-refractivity contribution is 0.0292. The van der Waals surface area contributed by atoms with Gasteiger partial charge in [0.25, 0.3) is 0 Å². The summed E-state index contributed by atoms with van der Waals surface area (Å²) >= 11 is 5.97. The standard InChI is InChI=1S/C25H33ClF2N6O3/c1-24(2,3)37-23(35)33-9-6-16(13-33)32(4)21-17-11-29-20(26)18(28)19(17)30-22(31-21)36-14-25-7-5-8-34(25)12-15(27)10-25/h11,15-16H,5-10,12-14H2,1-4H3/t15-,16?,25+/m1/s1. The van der Waals surface area contributed by atoms with Gasteiger partial charge in [0.2, 0.25) is 0 Å². The number of ether oxygens (including phenoxy) is 2. The van der Waals surface area contributed by atoms with Gasteiger partial charge in [0.15, 0.2) is 11.0 Å². The van der Waals surface area contributed by atoms with E-state index in [9.17, 15) is 9.18 Å². The number of rotatable bonds is 5. The fourth-order valence-electron chi connectivity index (χ4n) is 5.70. The van der Waals surface area contributed by atoms with Crippen LogP contribution in [0.5, 0.6) is 6.01 Å². The second-order valence-corrected chi connectivity index (χ2v) is 11.7. The highest BCUT2D eigenvalue weighted by molar-refractivity contribution is 6.30. The number of amides is 1. The summed E-state index contributed by atoms with van der Waals surface area (Å²) in [6.45, 7) is 7.90. The Bertz CT molecular complexity index is 1200. The van der Waals surface area contributed by atoms with Gasteiger partial charge in [-0.05, 0) is 46.6 Å². The Morgan fingerprint density at radius 1 is 1.30 bits per heavy atom. The molecule has 3 fully saturated rings. The summed E-state index contributed by atoms with van der Waals surface area (Å²) in [5.74, 6) is -0.331. The van der Waals surface area contributed by atoms with Crippen LogP contribution in [0.1, 0.15) is 46.5 Å². The molecule has 3 saturated heterocycles. The Morgan fingerprint density at radius 3 is 2.84 bits per heavy atom. The van der Waals surface area contributed by atoms with E-state index >= 15 is 4.39 Å². The number of pyridine rings is 1. The lowest BCUT2D eigenvalue weighted by Crippen LogP contribution is -2.43. The van der Waals surface area contributed by atoms with E-state index in [0.29, 0.717) is 43.7 Å². The third-order valence-electron chi connectivity index (χ3n) is 7.53. The van der Waals surface area contributed by atoms with Crippen LogP contribution in [0.4, 0.5) is 19.4 Å². The minimum Gasteiger partial charge on any atom is -0.461 e. The molecular weight excluding hydrogens is 506 g/mol. The topological polar surface area (TPSA) is 83.9 Å². The molecule has 1 amide bonds.